The van der Waals surface area contributed by atoms with Gasteiger partial charge in [0, 0.05) is 43.5 Å². The van der Waals surface area contributed by atoms with Crippen molar-refractivity contribution in [1.29, 1.82) is 0 Å². The number of nitrogens with one attached hydrogen (secondary N) is 1. The predicted molar refractivity (Wildman–Crippen MR) is 117 cm³/mol. The molecule has 0 atom stereocenters. The van der Waals surface area contributed by atoms with E-state index in [0.29, 0.717) is 18.9 Å². The van der Waals surface area contributed by atoms with Crippen LogP contribution in [0.2, 0.25) is 0 Å². The molecule has 0 spiro atoms. The van der Waals surface area contributed by atoms with E-state index < -0.39 is 0 Å². The molecule has 1 amide bonds. The van der Waals surface area contributed by atoms with E-state index >= 15 is 0 Å². The number of amides is 1. The number of hydrogen-bond acceptors (Lipinski definition) is 5. The molecule has 6 nitrogen and oxygen atoms in total. The summed E-state index contributed by atoms with van der Waals surface area (Å²) in [5, 5.41) is 3.48. The number of aryl methyl sites for hydroxylation is 2. The molecule has 2 aromatic carbocycles. The molecule has 0 bridgehead atoms. The number of nitrogens with zero attached hydrogens (tertiary/aromatic N) is 4. The molecule has 6 heteroatoms. The average Bonchev–Trinajstić information content (AvgIpc) is 2.77. The van der Waals surface area contributed by atoms with Crippen LogP contribution in [0.15, 0.2) is 54.6 Å². The Labute approximate surface area is 171 Å². The standard InChI is InChI=1S/C23H25N5O/c1-17-8-9-18(2)20(14-17)24-21-15-22(28-12-10-27(16-29)11-13-28)26-23(25-21)19-6-4-3-5-7-19/h3-9,14-16H,10-13H2,1-2H3,(H,24,25,26). The summed E-state index contributed by atoms with van der Waals surface area (Å²) in [5.41, 5.74) is 4.38. The lowest BCUT2D eigenvalue weighted by molar-refractivity contribution is -0.118. The normalized spacial score (nSPS) is 14.0. The number of piperazine rings is 1. The molecule has 0 unspecified atom stereocenters. The highest BCUT2D eigenvalue weighted by Gasteiger charge is 2.19. The maximum atomic E-state index is 11.0. The van der Waals surface area contributed by atoms with Crippen molar-refractivity contribution in [2.45, 2.75) is 13.8 Å². The Balaban J connectivity index is 1.70. The summed E-state index contributed by atoms with van der Waals surface area (Å²) in [6.45, 7) is 7.08. The second-order valence-electron chi connectivity index (χ2n) is 7.37. The summed E-state index contributed by atoms with van der Waals surface area (Å²) in [6, 6.07) is 18.3. The van der Waals surface area contributed by atoms with Gasteiger partial charge in [-0.15, -0.1) is 0 Å². The van der Waals surface area contributed by atoms with Crippen molar-refractivity contribution in [3.8, 4) is 11.4 Å². The SMILES string of the molecule is Cc1ccc(C)c(Nc2cc(N3CCN(C=O)CC3)nc(-c3ccccc3)n2)c1. The van der Waals surface area contributed by atoms with Crippen LogP contribution in [0.3, 0.4) is 0 Å². The van der Waals surface area contributed by atoms with E-state index in [1.165, 1.54) is 5.56 Å². The molecule has 1 aliphatic rings. The van der Waals surface area contributed by atoms with Gasteiger partial charge >= 0.3 is 0 Å². The minimum Gasteiger partial charge on any atom is -0.353 e. The van der Waals surface area contributed by atoms with Gasteiger partial charge in [-0.3, -0.25) is 4.79 Å². The van der Waals surface area contributed by atoms with E-state index in [0.717, 1.165) is 47.9 Å². The molecule has 1 aliphatic heterocycles. The molecule has 148 valence electrons. The van der Waals surface area contributed by atoms with E-state index in [-0.39, 0.29) is 0 Å². The zero-order chi connectivity index (χ0) is 20.2. The van der Waals surface area contributed by atoms with Crippen LogP contribution in [-0.4, -0.2) is 47.5 Å². The number of benzene rings is 2. The molecule has 3 aromatic rings. The van der Waals surface area contributed by atoms with Gasteiger partial charge in [-0.1, -0.05) is 42.5 Å². The van der Waals surface area contributed by atoms with Crippen molar-refractivity contribution in [3.63, 3.8) is 0 Å². The van der Waals surface area contributed by atoms with Crippen LogP contribution in [0.1, 0.15) is 11.1 Å². The van der Waals surface area contributed by atoms with Crippen LogP contribution in [0.25, 0.3) is 11.4 Å². The third-order valence-corrected chi connectivity index (χ3v) is 5.19. The van der Waals surface area contributed by atoms with Crippen molar-refractivity contribution in [3.05, 3.63) is 65.7 Å². The van der Waals surface area contributed by atoms with Crippen LogP contribution in [0.5, 0.6) is 0 Å². The first-order valence-corrected chi connectivity index (χ1v) is 9.85. The monoisotopic (exact) mass is 387 g/mol. The summed E-state index contributed by atoms with van der Waals surface area (Å²) in [6.07, 6.45) is 0.917. The zero-order valence-corrected chi connectivity index (χ0v) is 16.8. The summed E-state index contributed by atoms with van der Waals surface area (Å²) >= 11 is 0. The minimum atomic E-state index is 0.689. The number of anilines is 3. The summed E-state index contributed by atoms with van der Waals surface area (Å²) in [7, 11) is 0. The topological polar surface area (TPSA) is 61.4 Å². The second-order valence-corrected chi connectivity index (χ2v) is 7.37. The van der Waals surface area contributed by atoms with Crippen LogP contribution >= 0.6 is 0 Å². The Morgan fingerprint density at radius 2 is 1.69 bits per heavy atom. The van der Waals surface area contributed by atoms with Gasteiger partial charge in [0.25, 0.3) is 0 Å². The molecule has 2 heterocycles. The summed E-state index contributed by atoms with van der Waals surface area (Å²) in [5.74, 6) is 2.33. The zero-order valence-electron chi connectivity index (χ0n) is 16.8. The van der Waals surface area contributed by atoms with Crippen molar-refractivity contribution in [2.24, 2.45) is 0 Å². The molecule has 0 radical (unpaired) electrons. The minimum absolute atomic E-state index is 0.689. The fraction of sp³-hybridized carbons (Fsp3) is 0.261. The Bertz CT molecular complexity index is 997. The second kappa shape index (κ2) is 8.31. The number of hydrogen-bond donors (Lipinski definition) is 1. The van der Waals surface area contributed by atoms with E-state index in [1.807, 2.05) is 36.4 Å². The van der Waals surface area contributed by atoms with Gasteiger partial charge in [0.15, 0.2) is 5.82 Å². The van der Waals surface area contributed by atoms with Crippen LogP contribution in [0.4, 0.5) is 17.3 Å². The van der Waals surface area contributed by atoms with Gasteiger partial charge in [0.2, 0.25) is 6.41 Å². The fourth-order valence-electron chi connectivity index (χ4n) is 3.44. The van der Waals surface area contributed by atoms with Crippen LogP contribution in [0, 0.1) is 13.8 Å². The van der Waals surface area contributed by atoms with Gasteiger partial charge in [0.05, 0.1) is 0 Å². The van der Waals surface area contributed by atoms with Crippen molar-refractivity contribution in [1.82, 2.24) is 14.9 Å². The summed E-state index contributed by atoms with van der Waals surface area (Å²) < 4.78 is 0. The third-order valence-electron chi connectivity index (χ3n) is 5.19. The third kappa shape index (κ3) is 4.37. The van der Waals surface area contributed by atoms with Crippen molar-refractivity contribution >= 4 is 23.7 Å². The van der Waals surface area contributed by atoms with Gasteiger partial charge in [-0.25, -0.2) is 9.97 Å². The van der Waals surface area contributed by atoms with E-state index in [2.05, 4.69) is 42.3 Å². The highest BCUT2D eigenvalue weighted by atomic mass is 16.1. The molecule has 29 heavy (non-hydrogen) atoms. The number of carbonyl (C=O) groups is 1. The first-order valence-electron chi connectivity index (χ1n) is 9.85. The highest BCUT2D eigenvalue weighted by Crippen LogP contribution is 2.27. The largest absolute Gasteiger partial charge is 0.353 e. The van der Waals surface area contributed by atoms with E-state index in [9.17, 15) is 4.79 Å². The molecular formula is C23H25N5O. The lowest BCUT2D eigenvalue weighted by Crippen LogP contribution is -2.46. The lowest BCUT2D eigenvalue weighted by atomic mass is 10.1. The molecular weight excluding hydrogens is 362 g/mol. The molecule has 1 aromatic heterocycles. The smallest absolute Gasteiger partial charge is 0.209 e. The highest BCUT2D eigenvalue weighted by molar-refractivity contribution is 5.67. The molecule has 0 saturated carbocycles. The van der Waals surface area contributed by atoms with E-state index in [1.54, 1.807) is 4.90 Å². The molecule has 4 rings (SSSR count). The van der Waals surface area contributed by atoms with Crippen LogP contribution in [-0.2, 0) is 4.79 Å². The van der Waals surface area contributed by atoms with Gasteiger partial charge in [0.1, 0.15) is 11.6 Å². The predicted octanol–water partition coefficient (Wildman–Crippen LogP) is 3.78. The Morgan fingerprint density at radius 1 is 0.931 bits per heavy atom. The van der Waals surface area contributed by atoms with Crippen LogP contribution < -0.4 is 10.2 Å². The van der Waals surface area contributed by atoms with E-state index in [4.69, 9.17) is 9.97 Å². The quantitative estimate of drug-likeness (QED) is 0.675. The number of carbonyl (C=O) groups excluding carboxylic acids is 1. The molecule has 1 N–H and O–H groups in total. The van der Waals surface area contributed by atoms with Gasteiger partial charge in [-0.05, 0) is 31.0 Å². The molecule has 0 aliphatic carbocycles. The maximum absolute atomic E-state index is 11.0. The van der Waals surface area contributed by atoms with Gasteiger partial charge < -0.3 is 15.1 Å². The summed E-state index contributed by atoms with van der Waals surface area (Å²) in [4.78, 5) is 24.6. The average molecular weight is 387 g/mol. The van der Waals surface area contributed by atoms with Crippen molar-refractivity contribution in [2.75, 3.05) is 36.4 Å². The fourth-order valence-corrected chi connectivity index (χ4v) is 3.44. The number of aromatic nitrogens is 2. The Kier molecular flexibility index (Phi) is 5.42. The lowest BCUT2D eigenvalue weighted by Gasteiger charge is -2.33. The molecule has 1 saturated heterocycles. The first kappa shape index (κ1) is 18.9. The molecule has 1 fully saturated rings. The maximum Gasteiger partial charge on any atom is 0.209 e. The Morgan fingerprint density at radius 3 is 2.41 bits per heavy atom. The number of rotatable bonds is 5. The van der Waals surface area contributed by atoms with Gasteiger partial charge in [-0.2, -0.15) is 0 Å². The first-order chi connectivity index (χ1) is 14.1. The Hall–Kier alpha value is -3.41. The van der Waals surface area contributed by atoms with Crippen molar-refractivity contribution < 1.29 is 4.79 Å².